The smallest absolute Gasteiger partial charge is 0.251 e. The van der Waals surface area contributed by atoms with E-state index in [9.17, 15) is 14.4 Å². The number of pyridine rings is 1. The number of carbonyl (C=O) groups is 2. The number of rotatable bonds is 7. The molecule has 3 aliphatic rings. The van der Waals surface area contributed by atoms with Crippen LogP contribution in [0.25, 0.3) is 10.9 Å². The molecule has 0 radical (unpaired) electrons. The van der Waals surface area contributed by atoms with Gasteiger partial charge in [0.05, 0.1) is 0 Å². The lowest BCUT2D eigenvalue weighted by atomic mass is 9.99. The van der Waals surface area contributed by atoms with Crippen molar-refractivity contribution < 1.29 is 19.1 Å². The van der Waals surface area contributed by atoms with E-state index in [2.05, 4.69) is 22.1 Å². The van der Waals surface area contributed by atoms with Gasteiger partial charge in [-0.2, -0.15) is 0 Å². The van der Waals surface area contributed by atoms with Gasteiger partial charge in [0.2, 0.25) is 11.5 Å². The standard InChI is InChI=1S/C32H38N4O5/c1-21-16-31(38)36(19-21)20-24-3-2-23(18-29(24)41-27-5-6-28-22(17-27)4-7-30(37)34-28)32(39)33-25-8-12-35(13-9-25)26-10-14-40-15-11-26/h2-7,17-18,21,25-26H,8-16,19-20H2,1H3,(H,33,39)(H,34,37)/t21-/m0/s1. The molecule has 216 valence electrons. The third kappa shape index (κ3) is 6.47. The van der Waals surface area contributed by atoms with E-state index in [1.807, 2.05) is 23.1 Å². The number of aromatic amines is 1. The van der Waals surface area contributed by atoms with Crippen molar-refractivity contribution in [3.8, 4) is 11.5 Å². The molecule has 3 aromatic rings. The quantitative estimate of drug-likeness (QED) is 0.453. The van der Waals surface area contributed by atoms with Crippen molar-refractivity contribution >= 4 is 22.7 Å². The number of piperidine rings is 1. The number of hydrogen-bond donors (Lipinski definition) is 2. The summed E-state index contributed by atoms with van der Waals surface area (Å²) >= 11 is 0. The minimum Gasteiger partial charge on any atom is -0.457 e. The SMILES string of the molecule is C[C@H]1CC(=O)N(Cc2ccc(C(=O)NC3CCN(C4CCOCC4)CC3)cc2Oc2ccc3[nH]c(=O)ccc3c2)C1. The fraction of sp³-hybridized carbons (Fsp3) is 0.469. The second kappa shape index (κ2) is 12.0. The Morgan fingerprint density at radius 1 is 1.02 bits per heavy atom. The molecule has 0 spiro atoms. The van der Waals surface area contributed by atoms with Gasteiger partial charge in [0.1, 0.15) is 11.5 Å². The number of H-pyrrole nitrogens is 1. The molecule has 1 aromatic heterocycles. The Kier molecular flexibility index (Phi) is 8.07. The van der Waals surface area contributed by atoms with E-state index >= 15 is 0 Å². The molecule has 2 N–H and O–H groups in total. The van der Waals surface area contributed by atoms with Crippen LogP contribution in [-0.4, -0.2) is 71.5 Å². The molecular weight excluding hydrogens is 520 g/mol. The van der Waals surface area contributed by atoms with Crippen LogP contribution in [0.1, 0.15) is 54.9 Å². The molecule has 3 fully saturated rings. The average Bonchev–Trinajstić information content (AvgIpc) is 3.30. The van der Waals surface area contributed by atoms with Crippen LogP contribution >= 0.6 is 0 Å². The van der Waals surface area contributed by atoms with E-state index in [0.29, 0.717) is 48.5 Å². The summed E-state index contributed by atoms with van der Waals surface area (Å²) < 4.78 is 11.9. The van der Waals surface area contributed by atoms with Gasteiger partial charge in [-0.1, -0.05) is 13.0 Å². The van der Waals surface area contributed by atoms with E-state index in [-0.39, 0.29) is 23.4 Å². The van der Waals surface area contributed by atoms with Crippen molar-refractivity contribution in [1.29, 1.82) is 0 Å². The lowest BCUT2D eigenvalue weighted by molar-refractivity contribution is -0.128. The number of fused-ring (bicyclic) bond motifs is 1. The van der Waals surface area contributed by atoms with Gasteiger partial charge in [0, 0.05) is 86.0 Å². The molecular formula is C32H38N4O5. The predicted octanol–water partition coefficient (Wildman–Crippen LogP) is 4.06. The van der Waals surface area contributed by atoms with Gasteiger partial charge in [-0.15, -0.1) is 0 Å². The van der Waals surface area contributed by atoms with Crippen LogP contribution < -0.4 is 15.6 Å². The molecule has 9 heteroatoms. The van der Waals surface area contributed by atoms with Gasteiger partial charge in [-0.05, 0) is 68.0 Å². The Morgan fingerprint density at radius 3 is 2.59 bits per heavy atom. The number of amides is 2. The predicted molar refractivity (Wildman–Crippen MR) is 156 cm³/mol. The van der Waals surface area contributed by atoms with Gasteiger partial charge < -0.3 is 29.6 Å². The van der Waals surface area contributed by atoms with Crippen molar-refractivity contribution in [2.45, 2.75) is 57.7 Å². The number of nitrogens with one attached hydrogen (secondary N) is 2. The highest BCUT2D eigenvalue weighted by Gasteiger charge is 2.29. The number of benzene rings is 2. The van der Waals surface area contributed by atoms with Crippen molar-refractivity contribution in [3.05, 3.63) is 70.0 Å². The lowest BCUT2D eigenvalue weighted by Gasteiger charge is -2.39. The van der Waals surface area contributed by atoms with E-state index < -0.39 is 0 Å². The second-order valence-electron chi connectivity index (χ2n) is 11.7. The zero-order chi connectivity index (χ0) is 28.3. The highest BCUT2D eigenvalue weighted by atomic mass is 16.5. The summed E-state index contributed by atoms with van der Waals surface area (Å²) in [6.45, 7) is 6.85. The van der Waals surface area contributed by atoms with Gasteiger partial charge >= 0.3 is 0 Å². The third-order valence-corrected chi connectivity index (χ3v) is 8.59. The number of carbonyl (C=O) groups excluding carboxylic acids is 2. The molecule has 0 bridgehead atoms. The van der Waals surface area contributed by atoms with Crippen LogP contribution in [0.5, 0.6) is 11.5 Å². The monoisotopic (exact) mass is 558 g/mol. The molecule has 0 saturated carbocycles. The van der Waals surface area contributed by atoms with Crippen LogP contribution in [0.15, 0.2) is 53.3 Å². The summed E-state index contributed by atoms with van der Waals surface area (Å²) in [6.07, 6.45) is 4.58. The highest BCUT2D eigenvalue weighted by Crippen LogP contribution is 2.31. The van der Waals surface area contributed by atoms with Crippen molar-refractivity contribution in [3.63, 3.8) is 0 Å². The number of nitrogens with zero attached hydrogens (tertiary/aromatic N) is 2. The summed E-state index contributed by atoms with van der Waals surface area (Å²) in [5.41, 5.74) is 1.93. The van der Waals surface area contributed by atoms with Gasteiger partial charge in [0.25, 0.3) is 5.91 Å². The highest BCUT2D eigenvalue weighted by molar-refractivity contribution is 5.95. The Labute approximate surface area is 239 Å². The molecule has 6 rings (SSSR count). The second-order valence-corrected chi connectivity index (χ2v) is 11.7. The molecule has 2 amide bonds. The van der Waals surface area contributed by atoms with E-state index in [1.165, 1.54) is 6.07 Å². The number of aromatic nitrogens is 1. The number of ether oxygens (including phenoxy) is 2. The first-order valence-electron chi connectivity index (χ1n) is 14.8. The maximum absolute atomic E-state index is 13.4. The summed E-state index contributed by atoms with van der Waals surface area (Å²) in [6, 6.07) is 14.9. The zero-order valence-electron chi connectivity index (χ0n) is 23.6. The van der Waals surface area contributed by atoms with E-state index in [1.54, 1.807) is 24.3 Å². The lowest BCUT2D eigenvalue weighted by Crippen LogP contribution is -2.49. The molecule has 3 aliphatic heterocycles. The van der Waals surface area contributed by atoms with Crippen LogP contribution in [0, 0.1) is 5.92 Å². The van der Waals surface area contributed by atoms with Crippen molar-refractivity contribution in [2.24, 2.45) is 5.92 Å². The van der Waals surface area contributed by atoms with Crippen LogP contribution in [0.4, 0.5) is 0 Å². The van der Waals surface area contributed by atoms with Gasteiger partial charge in [-0.3, -0.25) is 14.4 Å². The Balaban J connectivity index is 1.18. The molecule has 3 saturated heterocycles. The fourth-order valence-electron chi connectivity index (χ4n) is 6.30. The van der Waals surface area contributed by atoms with Crippen LogP contribution in [0.2, 0.25) is 0 Å². The normalized spacial score (nSPS) is 21.0. The van der Waals surface area contributed by atoms with Crippen molar-refractivity contribution in [2.75, 3.05) is 32.8 Å². The largest absolute Gasteiger partial charge is 0.457 e. The zero-order valence-corrected chi connectivity index (χ0v) is 23.6. The number of hydrogen-bond acceptors (Lipinski definition) is 6. The fourth-order valence-corrected chi connectivity index (χ4v) is 6.30. The molecule has 41 heavy (non-hydrogen) atoms. The van der Waals surface area contributed by atoms with E-state index in [0.717, 1.165) is 68.5 Å². The maximum atomic E-state index is 13.4. The molecule has 0 unspecified atom stereocenters. The first-order valence-corrected chi connectivity index (χ1v) is 14.8. The van der Waals surface area contributed by atoms with Crippen LogP contribution in [0.3, 0.4) is 0 Å². The first kappa shape index (κ1) is 27.5. The molecule has 4 heterocycles. The van der Waals surface area contributed by atoms with Crippen LogP contribution in [-0.2, 0) is 16.1 Å². The Bertz CT molecular complexity index is 1470. The molecule has 2 aromatic carbocycles. The first-order chi connectivity index (χ1) is 19.9. The number of likely N-dealkylation sites (tertiary alicyclic amines) is 2. The summed E-state index contributed by atoms with van der Waals surface area (Å²) in [5, 5.41) is 4.08. The molecule has 1 atom stereocenters. The molecule has 9 nitrogen and oxygen atoms in total. The third-order valence-electron chi connectivity index (χ3n) is 8.59. The molecule has 0 aliphatic carbocycles. The summed E-state index contributed by atoms with van der Waals surface area (Å²) in [7, 11) is 0. The Hall–Kier alpha value is -3.69. The average molecular weight is 559 g/mol. The Morgan fingerprint density at radius 2 is 1.83 bits per heavy atom. The minimum atomic E-state index is -0.161. The van der Waals surface area contributed by atoms with Crippen molar-refractivity contribution in [1.82, 2.24) is 20.1 Å². The summed E-state index contributed by atoms with van der Waals surface area (Å²) in [5.74, 6) is 1.46. The van der Waals surface area contributed by atoms with Gasteiger partial charge in [0.15, 0.2) is 0 Å². The summed E-state index contributed by atoms with van der Waals surface area (Å²) in [4.78, 5) is 44.8. The van der Waals surface area contributed by atoms with Gasteiger partial charge in [-0.25, -0.2) is 0 Å². The van der Waals surface area contributed by atoms with E-state index in [4.69, 9.17) is 9.47 Å². The minimum absolute atomic E-state index is 0.118. The maximum Gasteiger partial charge on any atom is 0.251 e. The topological polar surface area (TPSA) is 104 Å².